The van der Waals surface area contributed by atoms with Crippen LogP contribution in [0.15, 0.2) is 30.5 Å². The third-order valence-corrected chi connectivity index (χ3v) is 5.35. The van der Waals surface area contributed by atoms with E-state index in [-0.39, 0.29) is 5.91 Å². The van der Waals surface area contributed by atoms with Gasteiger partial charge in [-0.3, -0.25) is 9.78 Å². The Labute approximate surface area is 135 Å². The van der Waals surface area contributed by atoms with Crippen molar-refractivity contribution < 1.29 is 4.79 Å². The number of nitrogens with zero attached hydrogens (tertiary/aromatic N) is 1. The summed E-state index contributed by atoms with van der Waals surface area (Å²) in [6.45, 7) is 0.637. The van der Waals surface area contributed by atoms with Gasteiger partial charge in [0.2, 0.25) is 0 Å². The average Bonchev–Trinajstić information content (AvgIpc) is 2.90. The smallest absolute Gasteiger partial charge is 0.261 e. The van der Waals surface area contributed by atoms with Crippen molar-refractivity contribution in [1.29, 1.82) is 0 Å². The summed E-state index contributed by atoms with van der Waals surface area (Å²) in [5.74, 6) is 0.0627. The zero-order chi connectivity index (χ0) is 15.2. The molecule has 0 spiro atoms. The van der Waals surface area contributed by atoms with E-state index in [4.69, 9.17) is 0 Å². The molecule has 4 heteroatoms. The molecule has 1 aliphatic carbocycles. The molecule has 1 N–H and O–H groups in total. The van der Waals surface area contributed by atoms with Crippen LogP contribution >= 0.6 is 11.3 Å². The standard InChI is InChI=1S/C18H22N2OS/c21-18(20-12-10-15-8-5-6-11-19-15)17-13-14-7-3-1-2-4-9-16(14)22-17/h5-6,8,11,13H,1-4,7,9-10,12H2,(H,20,21). The van der Waals surface area contributed by atoms with Gasteiger partial charge < -0.3 is 5.32 Å². The van der Waals surface area contributed by atoms with Crippen molar-refractivity contribution in [3.63, 3.8) is 0 Å². The lowest BCUT2D eigenvalue weighted by Crippen LogP contribution is -2.25. The Morgan fingerprint density at radius 3 is 2.86 bits per heavy atom. The highest BCUT2D eigenvalue weighted by Crippen LogP contribution is 2.28. The van der Waals surface area contributed by atoms with Gasteiger partial charge in [0.1, 0.15) is 0 Å². The summed E-state index contributed by atoms with van der Waals surface area (Å²) in [5.41, 5.74) is 2.42. The number of carbonyl (C=O) groups excluding carboxylic acids is 1. The zero-order valence-corrected chi connectivity index (χ0v) is 13.6. The van der Waals surface area contributed by atoms with Crippen LogP contribution in [0.2, 0.25) is 0 Å². The van der Waals surface area contributed by atoms with Gasteiger partial charge in [-0.2, -0.15) is 0 Å². The van der Waals surface area contributed by atoms with Crippen LogP contribution in [0.4, 0.5) is 0 Å². The topological polar surface area (TPSA) is 42.0 Å². The van der Waals surface area contributed by atoms with E-state index >= 15 is 0 Å². The van der Waals surface area contributed by atoms with Crippen molar-refractivity contribution in [2.75, 3.05) is 6.54 Å². The highest BCUT2D eigenvalue weighted by Gasteiger charge is 2.15. The first-order valence-electron chi connectivity index (χ1n) is 8.12. The Kier molecular flexibility index (Phi) is 5.22. The van der Waals surface area contributed by atoms with Gasteiger partial charge in [0.25, 0.3) is 5.91 Å². The number of nitrogens with one attached hydrogen (secondary N) is 1. The van der Waals surface area contributed by atoms with Gasteiger partial charge in [0, 0.05) is 29.7 Å². The van der Waals surface area contributed by atoms with Crippen molar-refractivity contribution in [3.8, 4) is 0 Å². The molecule has 2 heterocycles. The molecular formula is C18H22N2OS. The molecule has 3 nitrogen and oxygen atoms in total. The number of hydrogen-bond acceptors (Lipinski definition) is 3. The van der Waals surface area contributed by atoms with Crippen LogP contribution in [0.1, 0.15) is 51.5 Å². The van der Waals surface area contributed by atoms with E-state index in [0.717, 1.165) is 29.8 Å². The summed E-state index contributed by atoms with van der Waals surface area (Å²) >= 11 is 1.68. The Hall–Kier alpha value is -1.68. The normalized spacial score (nSPS) is 14.7. The number of aryl methyl sites for hydroxylation is 2. The first-order chi connectivity index (χ1) is 10.8. The number of carbonyl (C=O) groups is 1. The molecule has 1 amide bonds. The third kappa shape index (κ3) is 3.95. The molecule has 0 saturated carbocycles. The van der Waals surface area contributed by atoms with Gasteiger partial charge in [-0.15, -0.1) is 11.3 Å². The number of fused-ring (bicyclic) bond motifs is 1. The molecule has 2 aromatic rings. The molecule has 3 rings (SSSR count). The summed E-state index contributed by atoms with van der Waals surface area (Å²) in [7, 11) is 0. The minimum atomic E-state index is 0.0627. The highest BCUT2D eigenvalue weighted by atomic mass is 32.1. The SMILES string of the molecule is O=C(NCCc1ccccn1)c1cc2c(s1)CCCCCC2. The van der Waals surface area contributed by atoms with Crippen molar-refractivity contribution in [2.24, 2.45) is 0 Å². The van der Waals surface area contributed by atoms with E-state index in [0.29, 0.717) is 6.54 Å². The lowest BCUT2D eigenvalue weighted by molar-refractivity contribution is 0.0958. The minimum Gasteiger partial charge on any atom is -0.351 e. The summed E-state index contributed by atoms with van der Waals surface area (Å²) in [4.78, 5) is 18.9. The second kappa shape index (κ2) is 7.54. The molecule has 0 aliphatic heterocycles. The number of amides is 1. The fourth-order valence-corrected chi connectivity index (χ4v) is 4.06. The van der Waals surface area contributed by atoms with Gasteiger partial charge in [-0.05, 0) is 49.4 Å². The largest absolute Gasteiger partial charge is 0.351 e. The van der Waals surface area contributed by atoms with Crippen LogP contribution in [0.5, 0.6) is 0 Å². The van der Waals surface area contributed by atoms with E-state index in [1.54, 1.807) is 17.5 Å². The van der Waals surface area contributed by atoms with Crippen LogP contribution in [-0.4, -0.2) is 17.4 Å². The van der Waals surface area contributed by atoms with E-state index in [1.165, 1.54) is 36.1 Å². The van der Waals surface area contributed by atoms with Gasteiger partial charge >= 0.3 is 0 Å². The second-order valence-corrected chi connectivity index (χ2v) is 6.94. The molecule has 0 radical (unpaired) electrons. The van der Waals surface area contributed by atoms with Crippen molar-refractivity contribution >= 4 is 17.2 Å². The maximum atomic E-state index is 12.3. The Balaban J connectivity index is 1.57. The predicted octanol–water partition coefficient (Wildman–Crippen LogP) is 3.77. The summed E-state index contributed by atoms with van der Waals surface area (Å²) in [6.07, 6.45) is 9.99. The number of thiophene rings is 1. The van der Waals surface area contributed by atoms with Crippen LogP contribution in [0.3, 0.4) is 0 Å². The zero-order valence-electron chi connectivity index (χ0n) is 12.8. The summed E-state index contributed by atoms with van der Waals surface area (Å²) in [5, 5.41) is 3.02. The maximum absolute atomic E-state index is 12.3. The maximum Gasteiger partial charge on any atom is 0.261 e. The Bertz CT molecular complexity index is 596. The van der Waals surface area contributed by atoms with Crippen LogP contribution in [0.25, 0.3) is 0 Å². The average molecular weight is 314 g/mol. The van der Waals surface area contributed by atoms with Crippen molar-refractivity contribution in [1.82, 2.24) is 10.3 Å². The Morgan fingerprint density at radius 1 is 1.18 bits per heavy atom. The molecule has 0 bridgehead atoms. The Morgan fingerprint density at radius 2 is 2.05 bits per heavy atom. The van der Waals surface area contributed by atoms with E-state index in [9.17, 15) is 4.79 Å². The van der Waals surface area contributed by atoms with Gasteiger partial charge in [-0.25, -0.2) is 0 Å². The number of hydrogen-bond donors (Lipinski definition) is 1. The molecule has 0 saturated heterocycles. The molecule has 1 aliphatic rings. The fourth-order valence-electron chi connectivity index (χ4n) is 2.89. The molecule has 116 valence electrons. The van der Waals surface area contributed by atoms with Crippen LogP contribution in [-0.2, 0) is 19.3 Å². The minimum absolute atomic E-state index is 0.0627. The number of aromatic nitrogens is 1. The molecule has 0 unspecified atom stereocenters. The van der Waals surface area contributed by atoms with Gasteiger partial charge in [0.15, 0.2) is 0 Å². The fraction of sp³-hybridized carbons (Fsp3) is 0.444. The van der Waals surface area contributed by atoms with Gasteiger partial charge in [-0.1, -0.05) is 18.9 Å². The second-order valence-electron chi connectivity index (χ2n) is 5.80. The first kappa shape index (κ1) is 15.2. The third-order valence-electron chi connectivity index (χ3n) is 4.11. The highest BCUT2D eigenvalue weighted by molar-refractivity contribution is 7.14. The molecule has 0 atom stereocenters. The molecule has 0 aromatic carbocycles. The van der Waals surface area contributed by atoms with Crippen LogP contribution in [0, 0.1) is 0 Å². The van der Waals surface area contributed by atoms with E-state index < -0.39 is 0 Å². The lowest BCUT2D eigenvalue weighted by atomic mass is 10.00. The molecule has 22 heavy (non-hydrogen) atoms. The van der Waals surface area contributed by atoms with Gasteiger partial charge in [0.05, 0.1) is 4.88 Å². The quantitative estimate of drug-likeness (QED) is 0.933. The molecule has 2 aromatic heterocycles. The summed E-state index contributed by atoms with van der Waals surface area (Å²) < 4.78 is 0. The number of rotatable bonds is 4. The first-order valence-corrected chi connectivity index (χ1v) is 8.94. The van der Waals surface area contributed by atoms with Crippen molar-refractivity contribution in [2.45, 2.75) is 44.9 Å². The molecule has 0 fully saturated rings. The lowest BCUT2D eigenvalue weighted by Gasteiger charge is -2.07. The van der Waals surface area contributed by atoms with Crippen molar-refractivity contribution in [3.05, 3.63) is 51.5 Å². The van der Waals surface area contributed by atoms with Crippen LogP contribution < -0.4 is 5.32 Å². The predicted molar refractivity (Wildman–Crippen MR) is 90.5 cm³/mol. The van der Waals surface area contributed by atoms with E-state index in [1.807, 2.05) is 18.2 Å². The summed E-state index contributed by atoms with van der Waals surface area (Å²) in [6, 6.07) is 7.98. The number of pyridine rings is 1. The monoisotopic (exact) mass is 314 g/mol. The van der Waals surface area contributed by atoms with E-state index in [2.05, 4.69) is 16.4 Å². The molecular weight excluding hydrogens is 292 g/mol.